The van der Waals surface area contributed by atoms with Crippen LogP contribution in [0.15, 0.2) is 28.9 Å². The van der Waals surface area contributed by atoms with Crippen molar-refractivity contribution in [3.05, 3.63) is 45.1 Å². The number of nitrogens with two attached hydrogens (primary N) is 1. The molecule has 4 nitrogen and oxygen atoms in total. The summed E-state index contributed by atoms with van der Waals surface area (Å²) >= 11 is 9.34. The lowest BCUT2D eigenvalue weighted by molar-refractivity contribution is 0.581. The number of aromatic nitrogens is 3. The number of hydrogen-bond donors (Lipinski definition) is 1. The first-order chi connectivity index (χ1) is 8.13. The van der Waals surface area contributed by atoms with Crippen LogP contribution in [0.4, 0.5) is 0 Å². The fraction of sp³-hybridized carbons (Fsp3) is 0.273. The van der Waals surface area contributed by atoms with Crippen molar-refractivity contribution in [3.8, 4) is 0 Å². The molecule has 0 spiro atoms. The van der Waals surface area contributed by atoms with Gasteiger partial charge in [-0.2, -0.15) is 0 Å². The minimum absolute atomic E-state index is 0.251. The van der Waals surface area contributed by atoms with Crippen molar-refractivity contribution in [3.63, 3.8) is 0 Å². The lowest BCUT2D eigenvalue weighted by Gasteiger charge is -2.13. The maximum Gasteiger partial charge on any atom is 0.0799 e. The van der Waals surface area contributed by atoms with Crippen molar-refractivity contribution in [2.24, 2.45) is 5.73 Å². The first-order valence-electron chi connectivity index (χ1n) is 5.22. The second-order valence-electron chi connectivity index (χ2n) is 3.63. The first kappa shape index (κ1) is 12.5. The average Bonchev–Trinajstić information content (AvgIpc) is 2.80. The van der Waals surface area contributed by atoms with E-state index >= 15 is 0 Å². The number of aryl methyl sites for hydroxylation is 1. The van der Waals surface area contributed by atoms with E-state index in [1.165, 1.54) is 0 Å². The van der Waals surface area contributed by atoms with Gasteiger partial charge in [0.05, 0.1) is 23.0 Å². The molecule has 0 aliphatic heterocycles. The van der Waals surface area contributed by atoms with E-state index in [1.807, 2.05) is 25.1 Å². The first-order valence-corrected chi connectivity index (χ1v) is 6.39. The van der Waals surface area contributed by atoms with Gasteiger partial charge in [-0.25, -0.2) is 4.68 Å². The molecule has 0 aliphatic carbocycles. The summed E-state index contributed by atoms with van der Waals surface area (Å²) in [6, 6.07) is 5.39. The Morgan fingerprint density at radius 1 is 1.53 bits per heavy atom. The van der Waals surface area contributed by atoms with Gasteiger partial charge in [0.1, 0.15) is 0 Å². The van der Waals surface area contributed by atoms with E-state index in [2.05, 4.69) is 26.2 Å². The van der Waals surface area contributed by atoms with Gasteiger partial charge in [0.2, 0.25) is 0 Å². The van der Waals surface area contributed by atoms with Crippen molar-refractivity contribution >= 4 is 27.5 Å². The standard InChI is InChI=1S/C11H12BrClN4/c1-2-17-10(6-15-16-17)11(14)7-3-4-9(13)8(12)5-7/h3-6,11H,2,14H2,1H3. The topological polar surface area (TPSA) is 56.7 Å². The van der Waals surface area contributed by atoms with E-state index in [-0.39, 0.29) is 6.04 Å². The smallest absolute Gasteiger partial charge is 0.0799 e. The summed E-state index contributed by atoms with van der Waals surface area (Å²) in [4.78, 5) is 0. The molecule has 1 unspecified atom stereocenters. The van der Waals surface area contributed by atoms with Crippen LogP contribution in [-0.4, -0.2) is 15.0 Å². The Kier molecular flexibility index (Phi) is 3.81. The van der Waals surface area contributed by atoms with E-state index in [0.717, 1.165) is 22.3 Å². The van der Waals surface area contributed by atoms with Crippen LogP contribution in [0.1, 0.15) is 24.2 Å². The lowest BCUT2D eigenvalue weighted by Crippen LogP contribution is -2.17. The highest BCUT2D eigenvalue weighted by Crippen LogP contribution is 2.27. The third-order valence-corrected chi connectivity index (χ3v) is 3.78. The molecular formula is C11H12BrClN4. The molecule has 0 fully saturated rings. The van der Waals surface area contributed by atoms with Crippen molar-refractivity contribution in [2.75, 3.05) is 0 Å². The van der Waals surface area contributed by atoms with Gasteiger partial charge in [0, 0.05) is 11.0 Å². The molecule has 1 aromatic heterocycles. The Hall–Kier alpha value is -0.910. The zero-order valence-electron chi connectivity index (χ0n) is 9.27. The molecular weight excluding hydrogens is 304 g/mol. The van der Waals surface area contributed by atoms with Crippen LogP contribution in [0.5, 0.6) is 0 Å². The van der Waals surface area contributed by atoms with E-state index in [9.17, 15) is 0 Å². The van der Waals surface area contributed by atoms with Crippen molar-refractivity contribution < 1.29 is 0 Å². The van der Waals surface area contributed by atoms with Gasteiger partial charge in [0.15, 0.2) is 0 Å². The molecule has 0 aliphatic rings. The molecule has 0 saturated carbocycles. The van der Waals surface area contributed by atoms with Gasteiger partial charge in [-0.15, -0.1) is 5.10 Å². The molecule has 90 valence electrons. The quantitative estimate of drug-likeness (QED) is 0.947. The van der Waals surface area contributed by atoms with Crippen LogP contribution in [0.3, 0.4) is 0 Å². The Labute approximate surface area is 113 Å². The molecule has 2 aromatic rings. The van der Waals surface area contributed by atoms with E-state index in [1.54, 1.807) is 10.9 Å². The van der Waals surface area contributed by atoms with Gasteiger partial charge in [-0.1, -0.05) is 22.9 Å². The molecule has 0 radical (unpaired) electrons. The monoisotopic (exact) mass is 314 g/mol. The third-order valence-electron chi connectivity index (χ3n) is 2.57. The van der Waals surface area contributed by atoms with Gasteiger partial charge in [0.25, 0.3) is 0 Å². The van der Waals surface area contributed by atoms with Crippen LogP contribution >= 0.6 is 27.5 Å². The number of hydrogen-bond acceptors (Lipinski definition) is 3. The zero-order chi connectivity index (χ0) is 12.4. The number of halogens is 2. The fourth-order valence-electron chi connectivity index (χ4n) is 1.63. The van der Waals surface area contributed by atoms with Gasteiger partial charge < -0.3 is 5.73 Å². The summed E-state index contributed by atoms with van der Waals surface area (Å²) in [6.07, 6.45) is 1.69. The summed E-state index contributed by atoms with van der Waals surface area (Å²) in [5.41, 5.74) is 8.05. The molecule has 17 heavy (non-hydrogen) atoms. The van der Waals surface area contributed by atoms with E-state index in [4.69, 9.17) is 17.3 Å². The van der Waals surface area contributed by atoms with E-state index < -0.39 is 0 Å². The molecule has 6 heteroatoms. The highest BCUT2D eigenvalue weighted by molar-refractivity contribution is 9.10. The van der Waals surface area contributed by atoms with Crippen molar-refractivity contribution in [1.82, 2.24) is 15.0 Å². The van der Waals surface area contributed by atoms with Gasteiger partial charge >= 0.3 is 0 Å². The normalized spacial score (nSPS) is 12.7. The second kappa shape index (κ2) is 5.16. The molecule has 0 amide bonds. The molecule has 0 bridgehead atoms. The molecule has 2 N–H and O–H groups in total. The van der Waals surface area contributed by atoms with Crippen LogP contribution < -0.4 is 5.73 Å². The van der Waals surface area contributed by atoms with E-state index in [0.29, 0.717) is 5.02 Å². The average molecular weight is 316 g/mol. The molecule has 1 aromatic carbocycles. The summed E-state index contributed by atoms with van der Waals surface area (Å²) in [5, 5.41) is 8.51. The molecule has 0 saturated heterocycles. The van der Waals surface area contributed by atoms with Crippen molar-refractivity contribution in [1.29, 1.82) is 0 Å². The molecule has 1 atom stereocenters. The lowest BCUT2D eigenvalue weighted by atomic mass is 10.1. The highest BCUT2D eigenvalue weighted by Gasteiger charge is 2.15. The Balaban J connectivity index is 2.36. The van der Waals surface area contributed by atoms with Crippen LogP contribution in [0, 0.1) is 0 Å². The Bertz CT molecular complexity index is 526. The summed E-state index contributed by atoms with van der Waals surface area (Å²) in [7, 11) is 0. The minimum Gasteiger partial charge on any atom is -0.319 e. The largest absolute Gasteiger partial charge is 0.319 e. The molecule has 1 heterocycles. The fourth-order valence-corrected chi connectivity index (χ4v) is 2.14. The summed E-state index contributed by atoms with van der Waals surface area (Å²) in [5.74, 6) is 0. The predicted octanol–water partition coefficient (Wildman–Crippen LogP) is 2.76. The zero-order valence-corrected chi connectivity index (χ0v) is 11.6. The molecule has 2 rings (SSSR count). The summed E-state index contributed by atoms with van der Waals surface area (Å²) in [6.45, 7) is 2.75. The Morgan fingerprint density at radius 3 is 2.94 bits per heavy atom. The highest BCUT2D eigenvalue weighted by atomic mass is 79.9. The predicted molar refractivity (Wildman–Crippen MR) is 70.9 cm³/mol. The van der Waals surface area contributed by atoms with Crippen LogP contribution in [-0.2, 0) is 6.54 Å². The second-order valence-corrected chi connectivity index (χ2v) is 4.89. The van der Waals surface area contributed by atoms with Gasteiger partial charge in [-0.3, -0.25) is 0 Å². The van der Waals surface area contributed by atoms with Crippen LogP contribution in [0.25, 0.3) is 0 Å². The SMILES string of the molecule is CCn1nncc1C(N)c1ccc(Cl)c(Br)c1. The number of rotatable bonds is 3. The maximum absolute atomic E-state index is 6.19. The van der Waals surface area contributed by atoms with Crippen LogP contribution in [0.2, 0.25) is 5.02 Å². The Morgan fingerprint density at radius 2 is 2.29 bits per heavy atom. The van der Waals surface area contributed by atoms with Gasteiger partial charge in [-0.05, 0) is 40.5 Å². The maximum atomic E-state index is 6.19. The number of benzene rings is 1. The number of nitrogens with zero attached hydrogens (tertiary/aromatic N) is 3. The third kappa shape index (κ3) is 2.51. The van der Waals surface area contributed by atoms with Crippen molar-refractivity contribution in [2.45, 2.75) is 19.5 Å². The summed E-state index contributed by atoms with van der Waals surface area (Å²) < 4.78 is 2.62. The minimum atomic E-state index is -0.251.